The summed E-state index contributed by atoms with van der Waals surface area (Å²) in [7, 11) is 2.98. The molecule has 0 aromatic heterocycles. The van der Waals surface area contributed by atoms with Gasteiger partial charge in [0.05, 0.1) is 14.2 Å². The molecule has 2 heterocycles. The number of benzene rings is 2. The number of phenolic OH excluding ortho intramolecular Hbond substituents is 2. The SMILES string of the molecule is CC.COc1cc(C2C3=C(CC(C(C)C)CC3=O)OC3=C2C(=O)CC(C(C)C)C3)ccc1O.COc1cc(C2C3=C(CCCC3=O)OC3=C2C(=O)CCC3)ccc1O. The van der Waals surface area contributed by atoms with E-state index in [1.165, 1.54) is 14.2 Å². The van der Waals surface area contributed by atoms with E-state index in [4.69, 9.17) is 18.9 Å². The molecule has 2 aromatic carbocycles. The number of phenols is 2. The highest BCUT2D eigenvalue weighted by molar-refractivity contribution is 6.07. The molecule has 0 bridgehead atoms. The number of carbonyl (C=O) groups excluding carboxylic acids is 4. The van der Waals surface area contributed by atoms with E-state index in [1.54, 1.807) is 36.4 Å². The van der Waals surface area contributed by atoms with Crippen molar-refractivity contribution >= 4 is 23.1 Å². The summed E-state index contributed by atoms with van der Waals surface area (Å²) in [6.45, 7) is 12.5. The Morgan fingerprint density at radius 2 is 0.897 bits per heavy atom. The number of carbonyl (C=O) groups is 4. The van der Waals surface area contributed by atoms with Crippen LogP contribution in [-0.4, -0.2) is 47.6 Å². The van der Waals surface area contributed by atoms with Gasteiger partial charge in [0.2, 0.25) is 0 Å². The molecule has 4 aliphatic carbocycles. The predicted molar refractivity (Wildman–Crippen MR) is 219 cm³/mol. The zero-order valence-corrected chi connectivity index (χ0v) is 35.2. The average molecular weight is 795 g/mol. The Balaban J connectivity index is 0.000000191. The van der Waals surface area contributed by atoms with Crippen LogP contribution in [0.1, 0.15) is 129 Å². The van der Waals surface area contributed by atoms with Gasteiger partial charge in [-0.3, -0.25) is 19.2 Å². The number of ether oxygens (including phenoxy) is 4. The Hall–Kier alpha value is -5.12. The predicted octanol–water partition coefficient (Wildman–Crippen LogP) is 9.85. The Labute approximate surface area is 342 Å². The molecule has 2 unspecified atom stereocenters. The van der Waals surface area contributed by atoms with Crippen LogP contribution >= 0.6 is 0 Å². The molecule has 8 rings (SSSR count). The molecule has 0 saturated heterocycles. The molecule has 6 aliphatic rings. The molecular weight excluding hydrogens is 737 g/mol. The third kappa shape index (κ3) is 8.12. The highest BCUT2D eigenvalue weighted by Crippen LogP contribution is 2.52. The topological polar surface area (TPSA) is 146 Å². The highest BCUT2D eigenvalue weighted by Gasteiger charge is 2.46. The van der Waals surface area contributed by atoms with Gasteiger partial charge >= 0.3 is 0 Å². The van der Waals surface area contributed by atoms with E-state index < -0.39 is 11.8 Å². The van der Waals surface area contributed by atoms with E-state index >= 15 is 0 Å². The van der Waals surface area contributed by atoms with Gasteiger partial charge in [0.15, 0.2) is 46.1 Å². The van der Waals surface area contributed by atoms with E-state index in [9.17, 15) is 29.4 Å². The van der Waals surface area contributed by atoms with Gasteiger partial charge in [-0.15, -0.1) is 0 Å². The van der Waals surface area contributed by atoms with Gasteiger partial charge in [-0.25, -0.2) is 0 Å². The van der Waals surface area contributed by atoms with Gasteiger partial charge in [-0.1, -0.05) is 53.7 Å². The average Bonchev–Trinajstić information content (AvgIpc) is 3.21. The van der Waals surface area contributed by atoms with E-state index in [0.29, 0.717) is 95.7 Å². The summed E-state index contributed by atoms with van der Waals surface area (Å²) >= 11 is 0. The maximum absolute atomic E-state index is 13.3. The summed E-state index contributed by atoms with van der Waals surface area (Å²) in [5.41, 5.74) is 3.99. The van der Waals surface area contributed by atoms with Crippen LogP contribution in [0.2, 0.25) is 0 Å². The fourth-order valence-electron chi connectivity index (χ4n) is 9.15. The van der Waals surface area contributed by atoms with Gasteiger partial charge in [0, 0.05) is 85.5 Å². The molecule has 2 aliphatic heterocycles. The van der Waals surface area contributed by atoms with Crippen molar-refractivity contribution in [1.82, 2.24) is 0 Å². The van der Waals surface area contributed by atoms with Crippen molar-refractivity contribution in [2.24, 2.45) is 23.7 Å². The molecule has 0 amide bonds. The van der Waals surface area contributed by atoms with Crippen LogP contribution in [0, 0.1) is 23.7 Å². The van der Waals surface area contributed by atoms with Crippen molar-refractivity contribution in [3.63, 3.8) is 0 Å². The molecule has 310 valence electrons. The normalized spacial score (nSPS) is 23.2. The molecule has 58 heavy (non-hydrogen) atoms. The lowest BCUT2D eigenvalue weighted by molar-refractivity contribution is -0.120. The molecule has 2 aromatic rings. The van der Waals surface area contributed by atoms with Crippen molar-refractivity contribution in [1.29, 1.82) is 0 Å². The molecule has 10 nitrogen and oxygen atoms in total. The zero-order chi connectivity index (χ0) is 42.0. The van der Waals surface area contributed by atoms with Crippen molar-refractivity contribution in [3.05, 3.63) is 92.9 Å². The van der Waals surface area contributed by atoms with Crippen LogP contribution in [0.3, 0.4) is 0 Å². The third-order valence-corrected chi connectivity index (χ3v) is 12.4. The van der Waals surface area contributed by atoms with Crippen LogP contribution in [0.15, 0.2) is 81.7 Å². The molecule has 2 N–H and O–H groups in total. The Kier molecular flexibility index (Phi) is 13.0. The van der Waals surface area contributed by atoms with E-state index in [0.717, 1.165) is 48.3 Å². The summed E-state index contributed by atoms with van der Waals surface area (Å²) in [6, 6.07) is 10.1. The lowest BCUT2D eigenvalue weighted by atomic mass is 9.68. The van der Waals surface area contributed by atoms with Gasteiger partial charge < -0.3 is 29.2 Å². The summed E-state index contributed by atoms with van der Waals surface area (Å²) in [5.74, 6) is 4.15. The van der Waals surface area contributed by atoms with Crippen LogP contribution in [0.5, 0.6) is 23.0 Å². The molecule has 0 radical (unpaired) electrons. The summed E-state index contributed by atoms with van der Waals surface area (Å²) < 4.78 is 22.9. The molecule has 2 atom stereocenters. The second-order valence-electron chi connectivity index (χ2n) is 16.5. The minimum Gasteiger partial charge on any atom is -0.504 e. The lowest BCUT2D eigenvalue weighted by Crippen LogP contribution is -2.35. The molecule has 10 heteroatoms. The second-order valence-corrected chi connectivity index (χ2v) is 16.5. The van der Waals surface area contributed by atoms with Crippen molar-refractivity contribution in [2.75, 3.05) is 14.2 Å². The Morgan fingerprint density at radius 3 is 1.26 bits per heavy atom. The van der Waals surface area contributed by atoms with E-state index in [1.807, 2.05) is 13.8 Å². The third-order valence-electron chi connectivity index (χ3n) is 12.4. The minimum atomic E-state index is -0.463. The summed E-state index contributed by atoms with van der Waals surface area (Å²) in [5, 5.41) is 20.0. The van der Waals surface area contributed by atoms with Crippen LogP contribution in [0.4, 0.5) is 0 Å². The standard InChI is InChI=1S/C26H32O5.C20H20O5.C2H6/c1-13(2)16-8-19(28)25-22(11-16)31-23-12-17(14(3)4)9-20(29)26(23)24(25)15-6-7-18(27)21(10-15)30-5;1-24-17-10-11(8-9-12(17)21)18-19-13(22)4-2-6-15(19)25-16-7-3-5-14(23)20(16)18;1-2/h6-7,10,13-14,16-17,24,27H,8-9,11-12H2,1-5H3;8-10,18,21H,2-7H2,1H3;1-2H3. The van der Waals surface area contributed by atoms with Gasteiger partial charge in [-0.2, -0.15) is 0 Å². The van der Waals surface area contributed by atoms with Crippen LogP contribution in [0.25, 0.3) is 0 Å². The number of hydrogen-bond donors (Lipinski definition) is 2. The number of Topliss-reactive ketones (excluding diaryl/α,β-unsaturated/α-hetero) is 4. The highest BCUT2D eigenvalue weighted by atomic mass is 16.5. The molecule has 0 saturated carbocycles. The summed E-state index contributed by atoms with van der Waals surface area (Å²) in [6.07, 6.45) is 6.31. The first kappa shape index (κ1) is 42.5. The number of methoxy groups -OCH3 is 2. The van der Waals surface area contributed by atoms with Gasteiger partial charge in [0.25, 0.3) is 0 Å². The quantitative estimate of drug-likeness (QED) is 0.290. The smallest absolute Gasteiger partial charge is 0.163 e. The van der Waals surface area contributed by atoms with Crippen molar-refractivity contribution in [2.45, 2.75) is 118 Å². The van der Waals surface area contributed by atoms with Crippen molar-refractivity contribution in [3.8, 4) is 23.0 Å². The largest absolute Gasteiger partial charge is 0.504 e. The fourth-order valence-corrected chi connectivity index (χ4v) is 9.15. The fraction of sp³-hybridized carbons (Fsp3) is 0.500. The Bertz CT molecular complexity index is 2020. The van der Waals surface area contributed by atoms with E-state index in [-0.39, 0.29) is 46.5 Å². The number of rotatable bonds is 6. The first-order valence-corrected chi connectivity index (χ1v) is 21.0. The first-order chi connectivity index (χ1) is 27.8. The first-order valence-electron chi connectivity index (χ1n) is 21.0. The number of ketones is 4. The van der Waals surface area contributed by atoms with Crippen LogP contribution in [-0.2, 0) is 28.7 Å². The molecule has 0 spiro atoms. The monoisotopic (exact) mass is 794 g/mol. The number of aromatic hydroxyl groups is 2. The summed E-state index contributed by atoms with van der Waals surface area (Å²) in [4.78, 5) is 52.0. The van der Waals surface area contributed by atoms with Crippen molar-refractivity contribution < 1.29 is 48.3 Å². The molecule has 0 fully saturated rings. The van der Waals surface area contributed by atoms with Gasteiger partial charge in [0.1, 0.15) is 23.0 Å². The zero-order valence-electron chi connectivity index (χ0n) is 35.2. The Morgan fingerprint density at radius 1 is 0.534 bits per heavy atom. The van der Waals surface area contributed by atoms with Gasteiger partial charge in [-0.05, 0) is 71.9 Å². The number of allylic oxidation sites excluding steroid dienone is 8. The maximum Gasteiger partial charge on any atom is 0.163 e. The van der Waals surface area contributed by atoms with E-state index in [2.05, 4.69) is 27.7 Å². The lowest BCUT2D eigenvalue weighted by Gasteiger charge is -2.40. The number of hydrogen-bond acceptors (Lipinski definition) is 10. The molecular formula is C48H58O10. The minimum absolute atomic E-state index is 0.0337. The maximum atomic E-state index is 13.3. The van der Waals surface area contributed by atoms with Crippen LogP contribution < -0.4 is 9.47 Å². The second kappa shape index (κ2) is 17.8.